The van der Waals surface area contributed by atoms with Crippen LogP contribution >= 0.6 is 0 Å². The van der Waals surface area contributed by atoms with Crippen LogP contribution in [0.1, 0.15) is 66.6 Å². The van der Waals surface area contributed by atoms with E-state index in [1.807, 2.05) is 0 Å². The number of benzene rings is 1. The smallest absolute Gasteiger partial charge is 0.460 e. The zero-order valence-corrected chi connectivity index (χ0v) is 32.6. The normalized spacial score (nSPS) is 16.2. The lowest BCUT2D eigenvalue weighted by atomic mass is 9.88. The molecule has 0 radical (unpaired) electrons. The van der Waals surface area contributed by atoms with Gasteiger partial charge in [0.1, 0.15) is 12.4 Å². The van der Waals surface area contributed by atoms with Gasteiger partial charge < -0.3 is 14.3 Å². The van der Waals surface area contributed by atoms with Crippen molar-refractivity contribution in [1.29, 1.82) is 0 Å². The summed E-state index contributed by atoms with van der Waals surface area (Å²) in [5.41, 5.74) is 1.23. The fraction of sp³-hybridized carbons (Fsp3) is 0.676. The molecule has 0 unspecified atom stereocenters. The third kappa shape index (κ3) is 10.1. The van der Waals surface area contributed by atoms with Crippen molar-refractivity contribution in [3.8, 4) is 5.75 Å². The maximum atomic E-state index is 14.9. The highest BCUT2D eigenvalue weighted by molar-refractivity contribution is 6.76. The van der Waals surface area contributed by atoms with Crippen molar-refractivity contribution in [2.45, 2.75) is 126 Å². The predicted octanol–water partition coefficient (Wildman–Crippen LogP) is 11.3. The molecule has 3 N–H and O–H groups in total. The van der Waals surface area contributed by atoms with Crippen molar-refractivity contribution in [2.24, 2.45) is 5.92 Å². The van der Waals surface area contributed by atoms with Crippen molar-refractivity contribution in [1.82, 2.24) is 5.48 Å². The Morgan fingerprint density at radius 2 is 1.12 bits per heavy atom. The number of amides is 1. The Bertz CT molecular complexity index is 1590. The molecule has 0 aliphatic carbocycles. The fourth-order valence-electron chi connectivity index (χ4n) is 5.82. The summed E-state index contributed by atoms with van der Waals surface area (Å²) in [5, 5.41) is 19.5. The monoisotopic (exact) mass is 895 g/mol. The Morgan fingerprint density at radius 1 is 0.690 bits per heavy atom. The molecule has 0 heterocycles. The average Bonchev–Trinajstić information content (AvgIpc) is 3.09. The maximum Gasteiger partial charge on any atom is 0.460 e. The second-order valence-electron chi connectivity index (χ2n) is 14.2. The van der Waals surface area contributed by atoms with Crippen LogP contribution in [-0.4, -0.2) is 85.4 Å². The number of hydrogen-bond acceptors (Lipinski definition) is 5. The van der Waals surface area contributed by atoms with Gasteiger partial charge in [-0.15, -0.1) is 0 Å². The van der Waals surface area contributed by atoms with Crippen LogP contribution in [0, 0.1) is 5.92 Å². The first-order valence-electron chi connectivity index (χ1n) is 16.9. The lowest BCUT2D eigenvalue weighted by molar-refractivity contribution is -0.461. The van der Waals surface area contributed by atoms with Gasteiger partial charge in [0.15, 0.2) is 8.32 Å². The molecular weight excluding hydrogens is 853 g/mol. The first kappa shape index (κ1) is 52.9. The zero-order chi connectivity index (χ0) is 45.9. The Hall–Kier alpha value is -3.12. The van der Waals surface area contributed by atoms with Crippen molar-refractivity contribution in [3.05, 3.63) is 53.1 Å². The van der Waals surface area contributed by atoms with Gasteiger partial charge in [-0.25, -0.2) is 5.48 Å². The highest BCUT2D eigenvalue weighted by Crippen LogP contribution is 2.64. The molecule has 1 amide bonds. The topological polar surface area (TPSA) is 88.0 Å². The summed E-state index contributed by atoms with van der Waals surface area (Å²) in [6.45, 7) is 9.34. The highest BCUT2D eigenvalue weighted by atomic mass is 28.4. The molecular formula is C34H42F17NO5Si. The Kier molecular flexibility index (Phi) is 16.6. The summed E-state index contributed by atoms with van der Waals surface area (Å²) in [6.07, 6.45) is -8.73. The molecule has 1 rings (SSSR count). The van der Waals surface area contributed by atoms with Gasteiger partial charge in [0.2, 0.25) is 0 Å². The minimum atomic E-state index is -8.69. The van der Waals surface area contributed by atoms with Crippen LogP contribution < -0.4 is 10.2 Å². The molecule has 1 aromatic rings. The minimum absolute atomic E-state index is 0.152. The van der Waals surface area contributed by atoms with E-state index >= 15 is 0 Å². The van der Waals surface area contributed by atoms with Gasteiger partial charge in [-0.1, -0.05) is 58.4 Å². The number of ether oxygens (including phenoxy) is 1. The van der Waals surface area contributed by atoms with Gasteiger partial charge in [0, 0.05) is 18.4 Å². The fourth-order valence-corrected chi connectivity index (χ4v) is 10.3. The predicted molar refractivity (Wildman–Crippen MR) is 176 cm³/mol. The van der Waals surface area contributed by atoms with Gasteiger partial charge in [0.25, 0.3) is 5.91 Å². The number of nitrogens with one attached hydrogen (secondary N) is 1. The highest BCUT2D eigenvalue weighted by Gasteiger charge is 2.95. The second-order valence-corrected chi connectivity index (χ2v) is 19.2. The first-order valence-corrected chi connectivity index (χ1v) is 19.2. The molecule has 24 heteroatoms. The Labute approximate surface area is 322 Å². The molecule has 0 fully saturated rings. The van der Waals surface area contributed by atoms with Gasteiger partial charge in [0.05, 0.1) is 12.7 Å². The van der Waals surface area contributed by atoms with Gasteiger partial charge in [-0.2, -0.15) is 74.6 Å². The number of alkyl halides is 17. The number of hydrogen-bond donors (Lipinski definition) is 3. The molecule has 0 saturated carbocycles. The number of carbonyl (C=O) groups excluding carboxylic acids is 1. The Balaban J connectivity index is 3.23. The SMILES string of the molecule is CC(=C\C(=O)NO)/C=C(\C)[C@H](C)[C@H](O)c1ccc(OCCO[Si](CCC(F)(F)C(F)(F)C(F)(F)C(F)(F)C(F)(F)C(F)(F)C(F)(F)C(F)(F)F)(C(C)C)C(C)C)cc1. The molecule has 0 bridgehead atoms. The quantitative estimate of drug-likeness (QED) is 0.0218. The maximum absolute atomic E-state index is 14.9. The number of aliphatic hydroxyl groups excluding tert-OH is 1. The van der Waals surface area contributed by atoms with Gasteiger partial charge in [-0.05, 0) is 54.2 Å². The van der Waals surface area contributed by atoms with Crippen LogP contribution in [0.5, 0.6) is 5.75 Å². The molecule has 6 nitrogen and oxygen atoms in total. The summed E-state index contributed by atoms with van der Waals surface area (Å²) in [4.78, 5) is 11.3. The van der Waals surface area contributed by atoms with E-state index in [2.05, 4.69) is 0 Å². The molecule has 0 saturated heterocycles. The molecule has 0 aromatic heterocycles. The standard InChI is InChI=1S/C34H42F17NO5Si/c1-18(2)58(19(3)4,57-14-13-56-24-10-8-23(9-11-24)26(54)22(7)21(6)16-20(5)17-25(53)52-55)15-12-27(35,36)28(37,38)29(39,40)30(41,42)31(43,44)32(45,46)33(47,48)34(49,50)51/h8-11,16-19,22,26,54-55H,12-15H2,1-7H3,(H,52,53)/b20-17+,21-16+/t22-,26-/m0/s1. The summed E-state index contributed by atoms with van der Waals surface area (Å²) in [6, 6.07) is 4.42. The molecule has 58 heavy (non-hydrogen) atoms. The molecule has 2 atom stereocenters. The molecule has 336 valence electrons. The third-order valence-electron chi connectivity index (χ3n) is 9.63. The van der Waals surface area contributed by atoms with Crippen LogP contribution in [0.3, 0.4) is 0 Å². The van der Waals surface area contributed by atoms with Gasteiger partial charge in [-0.3, -0.25) is 10.0 Å². The lowest BCUT2D eigenvalue weighted by Crippen LogP contribution is -2.74. The van der Waals surface area contributed by atoms with Crippen LogP contribution in [-0.2, 0) is 9.22 Å². The molecule has 0 spiro atoms. The van der Waals surface area contributed by atoms with E-state index in [4.69, 9.17) is 14.4 Å². The van der Waals surface area contributed by atoms with Crippen LogP contribution in [0.4, 0.5) is 74.6 Å². The number of hydroxylamine groups is 1. The zero-order valence-electron chi connectivity index (χ0n) is 31.6. The Morgan fingerprint density at radius 3 is 1.53 bits per heavy atom. The van der Waals surface area contributed by atoms with Crippen LogP contribution in [0.25, 0.3) is 0 Å². The van der Waals surface area contributed by atoms with E-state index in [-0.39, 0.29) is 12.4 Å². The van der Waals surface area contributed by atoms with Crippen molar-refractivity contribution in [2.75, 3.05) is 13.2 Å². The number of halogens is 17. The number of allylic oxidation sites excluding steroid dienone is 2. The van der Waals surface area contributed by atoms with E-state index in [0.29, 0.717) is 16.7 Å². The van der Waals surface area contributed by atoms with Crippen molar-refractivity contribution < 1.29 is 98.9 Å². The van der Waals surface area contributed by atoms with E-state index < -0.39 is 104 Å². The van der Waals surface area contributed by atoms with Crippen molar-refractivity contribution >= 4 is 14.2 Å². The molecule has 0 aliphatic heterocycles. The van der Waals surface area contributed by atoms with E-state index in [9.17, 15) is 84.5 Å². The van der Waals surface area contributed by atoms with E-state index in [0.717, 1.165) is 6.08 Å². The van der Waals surface area contributed by atoms with Crippen molar-refractivity contribution in [3.63, 3.8) is 0 Å². The number of carbonyl (C=O) groups is 1. The second kappa shape index (κ2) is 18.2. The van der Waals surface area contributed by atoms with E-state index in [1.165, 1.54) is 57.4 Å². The summed E-state index contributed by atoms with van der Waals surface area (Å²) in [5.74, 6) is -57.8. The summed E-state index contributed by atoms with van der Waals surface area (Å²) in [7, 11) is -3.96. The van der Waals surface area contributed by atoms with Gasteiger partial charge >= 0.3 is 47.6 Å². The summed E-state index contributed by atoms with van der Waals surface area (Å²) < 4.78 is 246. The molecule has 0 aliphatic rings. The average molecular weight is 896 g/mol. The van der Waals surface area contributed by atoms with E-state index in [1.54, 1.807) is 26.8 Å². The summed E-state index contributed by atoms with van der Waals surface area (Å²) >= 11 is 0. The van der Waals surface area contributed by atoms with Crippen LogP contribution in [0.2, 0.25) is 17.1 Å². The van der Waals surface area contributed by atoms with Crippen LogP contribution in [0.15, 0.2) is 47.6 Å². The lowest BCUT2D eigenvalue weighted by Gasteiger charge is -2.44. The molecule has 1 aromatic carbocycles. The number of rotatable bonds is 21. The minimum Gasteiger partial charge on any atom is -0.491 e. The first-order chi connectivity index (χ1) is 25.9. The number of aliphatic hydroxyl groups is 1. The largest absolute Gasteiger partial charge is 0.491 e. The third-order valence-corrected chi connectivity index (χ3v) is 15.3.